The van der Waals surface area contributed by atoms with Crippen molar-refractivity contribution in [2.24, 2.45) is 5.92 Å². The fourth-order valence-electron chi connectivity index (χ4n) is 8.50. The second-order valence-electron chi connectivity index (χ2n) is 14.2. The Morgan fingerprint density at radius 2 is 1.94 bits per heavy atom. The molecule has 51 heavy (non-hydrogen) atoms. The first-order valence-electron chi connectivity index (χ1n) is 18.4. The number of benzene rings is 2. The van der Waals surface area contributed by atoms with Crippen molar-refractivity contribution in [1.29, 1.82) is 0 Å². The Morgan fingerprint density at radius 3 is 2.76 bits per heavy atom. The summed E-state index contributed by atoms with van der Waals surface area (Å²) < 4.78 is 52.9. The molecule has 5 heterocycles. The topological polar surface area (TPSA) is 89.5 Å². The minimum Gasteiger partial charge on any atom is -0.467 e. The smallest absolute Gasteiger partial charge is 0.318 e. The second-order valence-corrected chi connectivity index (χ2v) is 14.2. The van der Waals surface area contributed by atoms with Gasteiger partial charge in [-0.25, -0.2) is 8.78 Å². The summed E-state index contributed by atoms with van der Waals surface area (Å²) >= 11 is 0. The van der Waals surface area contributed by atoms with Gasteiger partial charge in [0.1, 0.15) is 30.2 Å². The lowest BCUT2D eigenvalue weighted by Gasteiger charge is -2.36. The Balaban J connectivity index is 1.28. The molecule has 0 radical (unpaired) electrons. The molecule has 2 aromatic carbocycles. The number of hydrogen-bond acceptors (Lipinski definition) is 10. The number of hydrogen-bond donors (Lipinski definition) is 0. The molecule has 10 nitrogen and oxygen atoms in total. The van der Waals surface area contributed by atoms with E-state index in [-0.39, 0.29) is 36.0 Å². The average molecular weight is 706 g/mol. The number of aromatic nitrogens is 2. The number of ether oxygens (including phenoxy) is 4. The van der Waals surface area contributed by atoms with E-state index in [1.165, 1.54) is 6.07 Å². The summed E-state index contributed by atoms with van der Waals surface area (Å²) in [6.45, 7) is 8.02. The molecule has 3 atom stereocenters. The molecule has 1 unspecified atom stereocenters. The number of carbonyl (C=O) groups excluding carboxylic acids is 1. The predicted molar refractivity (Wildman–Crippen MR) is 192 cm³/mol. The summed E-state index contributed by atoms with van der Waals surface area (Å²) in [7, 11) is 1.58. The third-order valence-electron chi connectivity index (χ3n) is 10.9. The zero-order valence-corrected chi connectivity index (χ0v) is 30.0. The van der Waals surface area contributed by atoms with Gasteiger partial charge in [0.15, 0.2) is 6.79 Å². The fraction of sp³-hybridized carbons (Fsp3) is 0.564. The minimum atomic E-state index is -0.868. The number of rotatable bonds is 11. The van der Waals surface area contributed by atoms with Gasteiger partial charge < -0.3 is 28.7 Å². The Labute approximate surface area is 298 Å². The van der Waals surface area contributed by atoms with Crippen LogP contribution in [0.1, 0.15) is 62.8 Å². The zero-order valence-electron chi connectivity index (χ0n) is 30.0. The van der Waals surface area contributed by atoms with Gasteiger partial charge in [-0.15, -0.1) is 0 Å². The van der Waals surface area contributed by atoms with E-state index >= 15 is 4.39 Å². The van der Waals surface area contributed by atoms with Crippen molar-refractivity contribution in [2.75, 3.05) is 69.6 Å². The number of esters is 1. The van der Waals surface area contributed by atoms with Crippen molar-refractivity contribution >= 4 is 28.2 Å². The monoisotopic (exact) mass is 705 g/mol. The van der Waals surface area contributed by atoms with Crippen LogP contribution in [0.15, 0.2) is 36.4 Å². The molecule has 0 bridgehead atoms. The van der Waals surface area contributed by atoms with E-state index in [4.69, 9.17) is 28.9 Å². The van der Waals surface area contributed by atoms with Gasteiger partial charge in [-0.05, 0) is 75.1 Å². The third kappa shape index (κ3) is 7.22. The number of aryl methyl sites for hydroxylation is 1. The number of alkyl halides is 1. The first-order chi connectivity index (χ1) is 24.8. The van der Waals surface area contributed by atoms with Gasteiger partial charge in [0, 0.05) is 62.4 Å². The Hall–Kier alpha value is -4.03. The van der Waals surface area contributed by atoms with E-state index in [2.05, 4.69) is 26.9 Å². The maximum Gasteiger partial charge on any atom is 0.318 e. The highest BCUT2D eigenvalue weighted by Crippen LogP contribution is 2.42. The van der Waals surface area contributed by atoms with Crippen LogP contribution in [0.5, 0.6) is 11.8 Å². The van der Waals surface area contributed by atoms with Gasteiger partial charge in [-0.1, -0.05) is 25.1 Å². The third-order valence-corrected chi connectivity index (χ3v) is 10.9. The SMILES string of the molecule is CCOC(=O)C1C/C=C\CCN(c2nc(OC[C@@]34CCCN3C[C@H](F)C4)nc3c2CCN(c2cc(OCOC)cc4ccc(F)c(CC)c24)C3)C1. The normalized spacial score (nSPS) is 24.2. The van der Waals surface area contributed by atoms with E-state index < -0.39 is 6.17 Å². The molecule has 1 aromatic heterocycles. The lowest BCUT2D eigenvalue weighted by atomic mass is 9.95. The number of fused-ring (bicyclic) bond motifs is 3. The summed E-state index contributed by atoms with van der Waals surface area (Å²) in [5.41, 5.74) is 2.98. The summed E-state index contributed by atoms with van der Waals surface area (Å²) in [6, 6.07) is 7.45. The molecule has 3 aromatic rings. The standard InChI is InChI=1S/C39H49F2N5O5/c1-4-30-32(41)12-11-26-18-29(51-25-48-3)19-34(35(26)30)44-17-13-31-33(23-44)42-38(50-24-39-14-9-16-46(39)22-28(40)20-39)43-36(31)45-15-8-6-7-10-27(21-45)37(47)49-5-2/h6-7,11-12,18-19,27-28H,4-5,8-10,13-17,20-25H2,1-3H3/b7-6-/t27?,28-,39+/m1/s1. The van der Waals surface area contributed by atoms with Crippen LogP contribution < -0.4 is 19.3 Å². The van der Waals surface area contributed by atoms with Gasteiger partial charge in [0.05, 0.1) is 30.3 Å². The predicted octanol–water partition coefficient (Wildman–Crippen LogP) is 6.17. The summed E-state index contributed by atoms with van der Waals surface area (Å²) in [6.07, 6.45) is 8.21. The van der Waals surface area contributed by atoms with Crippen LogP contribution in [-0.2, 0) is 33.7 Å². The molecule has 0 amide bonds. The highest BCUT2D eigenvalue weighted by Gasteiger charge is 2.49. The number of allylic oxidation sites excluding steroid dienone is 1. The van der Waals surface area contributed by atoms with Crippen molar-refractivity contribution in [3.05, 3.63) is 59.1 Å². The second kappa shape index (κ2) is 15.3. The molecule has 0 saturated carbocycles. The highest BCUT2D eigenvalue weighted by atomic mass is 19.1. The van der Waals surface area contributed by atoms with Gasteiger partial charge >= 0.3 is 12.0 Å². The number of carbonyl (C=O) groups is 1. The summed E-state index contributed by atoms with van der Waals surface area (Å²) in [4.78, 5) is 29.7. The lowest BCUT2D eigenvalue weighted by Crippen LogP contribution is -2.44. The zero-order chi connectivity index (χ0) is 35.5. The number of halogens is 2. The van der Waals surface area contributed by atoms with Crippen molar-refractivity contribution < 1.29 is 32.5 Å². The molecule has 4 aliphatic heterocycles. The summed E-state index contributed by atoms with van der Waals surface area (Å²) in [5, 5.41) is 1.74. The van der Waals surface area contributed by atoms with E-state index in [1.54, 1.807) is 13.2 Å². The maximum atomic E-state index is 15.3. The van der Waals surface area contributed by atoms with Crippen LogP contribution in [-0.4, -0.2) is 92.4 Å². The highest BCUT2D eigenvalue weighted by molar-refractivity contribution is 5.98. The molecule has 2 saturated heterocycles. The molecular weight excluding hydrogens is 656 g/mol. The molecule has 274 valence electrons. The van der Waals surface area contributed by atoms with Crippen molar-refractivity contribution in [1.82, 2.24) is 14.9 Å². The molecule has 7 rings (SSSR count). The van der Waals surface area contributed by atoms with E-state index in [0.717, 1.165) is 59.3 Å². The Kier molecular flexibility index (Phi) is 10.6. The van der Waals surface area contributed by atoms with E-state index in [1.807, 2.05) is 26.0 Å². The average Bonchev–Trinajstić information content (AvgIpc) is 3.64. The molecule has 2 fully saturated rings. The van der Waals surface area contributed by atoms with Crippen molar-refractivity contribution in [2.45, 2.75) is 77.0 Å². The lowest BCUT2D eigenvalue weighted by molar-refractivity contribution is -0.147. The first kappa shape index (κ1) is 35.4. The van der Waals surface area contributed by atoms with Gasteiger partial charge in [-0.3, -0.25) is 9.69 Å². The van der Waals surface area contributed by atoms with Gasteiger partial charge in [0.25, 0.3) is 0 Å². The van der Waals surface area contributed by atoms with Gasteiger partial charge in [-0.2, -0.15) is 9.97 Å². The number of anilines is 2. The van der Waals surface area contributed by atoms with E-state index in [9.17, 15) is 9.18 Å². The van der Waals surface area contributed by atoms with Crippen LogP contribution in [0.25, 0.3) is 10.8 Å². The van der Waals surface area contributed by atoms with Crippen LogP contribution >= 0.6 is 0 Å². The fourth-order valence-corrected chi connectivity index (χ4v) is 8.50. The van der Waals surface area contributed by atoms with E-state index in [0.29, 0.717) is 82.9 Å². The minimum absolute atomic E-state index is 0.0901. The number of methoxy groups -OCH3 is 1. The molecule has 4 aliphatic rings. The molecule has 0 aliphatic carbocycles. The summed E-state index contributed by atoms with van der Waals surface area (Å²) in [5.74, 6) is 0.597. The van der Waals surface area contributed by atoms with Crippen LogP contribution in [0.3, 0.4) is 0 Å². The van der Waals surface area contributed by atoms with Gasteiger partial charge in [0.2, 0.25) is 0 Å². The number of nitrogens with zero attached hydrogens (tertiary/aromatic N) is 5. The Bertz CT molecular complexity index is 1770. The molecule has 0 N–H and O–H groups in total. The van der Waals surface area contributed by atoms with Crippen molar-refractivity contribution in [3.8, 4) is 11.8 Å². The first-order valence-corrected chi connectivity index (χ1v) is 18.4. The quantitative estimate of drug-likeness (QED) is 0.131. The Morgan fingerprint density at radius 1 is 1.06 bits per heavy atom. The van der Waals surface area contributed by atoms with Crippen LogP contribution in [0.4, 0.5) is 20.3 Å². The molecular formula is C39H49F2N5O5. The van der Waals surface area contributed by atoms with Crippen LogP contribution in [0, 0.1) is 11.7 Å². The molecule has 12 heteroatoms. The maximum absolute atomic E-state index is 15.3. The van der Waals surface area contributed by atoms with Crippen molar-refractivity contribution in [3.63, 3.8) is 0 Å². The molecule has 0 spiro atoms. The largest absolute Gasteiger partial charge is 0.467 e. The van der Waals surface area contributed by atoms with Crippen LogP contribution in [0.2, 0.25) is 0 Å².